The SMILES string of the molecule is CC(C)C(C(=O)NC1CNCCC1C)N1CCCC1=O.Cl. The van der Waals surface area contributed by atoms with Gasteiger partial charge >= 0.3 is 0 Å². The maximum atomic E-state index is 12.6. The van der Waals surface area contributed by atoms with Crippen LogP contribution in [0.3, 0.4) is 0 Å². The van der Waals surface area contributed by atoms with E-state index in [1.165, 1.54) is 0 Å². The maximum Gasteiger partial charge on any atom is 0.243 e. The van der Waals surface area contributed by atoms with Gasteiger partial charge in [0.05, 0.1) is 0 Å². The van der Waals surface area contributed by atoms with E-state index in [9.17, 15) is 9.59 Å². The maximum absolute atomic E-state index is 12.6. The Labute approximate surface area is 133 Å². The summed E-state index contributed by atoms with van der Waals surface area (Å²) in [5.74, 6) is 0.760. The van der Waals surface area contributed by atoms with Crippen molar-refractivity contribution in [3.8, 4) is 0 Å². The van der Waals surface area contributed by atoms with Crippen molar-refractivity contribution in [1.29, 1.82) is 0 Å². The van der Waals surface area contributed by atoms with Gasteiger partial charge in [-0.05, 0) is 31.2 Å². The molecule has 0 aromatic rings. The van der Waals surface area contributed by atoms with Crippen molar-refractivity contribution >= 4 is 24.2 Å². The third-order valence-electron chi connectivity index (χ3n) is 4.50. The van der Waals surface area contributed by atoms with Crippen LogP contribution < -0.4 is 10.6 Å². The van der Waals surface area contributed by atoms with Gasteiger partial charge in [0, 0.05) is 25.6 Å². The number of piperidine rings is 1. The molecule has 2 aliphatic heterocycles. The second kappa shape index (κ2) is 7.99. The molecule has 2 saturated heterocycles. The zero-order valence-electron chi connectivity index (χ0n) is 13.2. The third kappa shape index (κ3) is 4.33. The molecule has 3 unspecified atom stereocenters. The molecular weight excluding hydrogens is 290 g/mol. The van der Waals surface area contributed by atoms with Crippen LogP contribution in [0.5, 0.6) is 0 Å². The van der Waals surface area contributed by atoms with Gasteiger partial charge in [-0.3, -0.25) is 9.59 Å². The number of nitrogens with one attached hydrogen (secondary N) is 2. The minimum atomic E-state index is -0.320. The Balaban J connectivity index is 0.00000220. The van der Waals surface area contributed by atoms with E-state index in [0.29, 0.717) is 18.9 Å². The Hall–Kier alpha value is -0.810. The third-order valence-corrected chi connectivity index (χ3v) is 4.50. The Morgan fingerprint density at radius 2 is 2.14 bits per heavy atom. The van der Waals surface area contributed by atoms with E-state index in [0.717, 1.165) is 25.9 Å². The van der Waals surface area contributed by atoms with Gasteiger partial charge < -0.3 is 15.5 Å². The topological polar surface area (TPSA) is 61.4 Å². The molecule has 2 amide bonds. The predicted octanol–water partition coefficient (Wildman–Crippen LogP) is 1.17. The molecule has 21 heavy (non-hydrogen) atoms. The van der Waals surface area contributed by atoms with E-state index in [4.69, 9.17) is 0 Å². The summed E-state index contributed by atoms with van der Waals surface area (Å²) in [4.78, 5) is 26.3. The summed E-state index contributed by atoms with van der Waals surface area (Å²) in [6, 6.07) is -0.144. The fourth-order valence-electron chi connectivity index (χ4n) is 3.22. The first-order valence-electron chi connectivity index (χ1n) is 7.81. The molecule has 2 N–H and O–H groups in total. The van der Waals surface area contributed by atoms with Gasteiger partial charge in [0.25, 0.3) is 0 Å². The summed E-state index contributed by atoms with van der Waals surface area (Å²) in [5, 5.41) is 6.47. The zero-order valence-corrected chi connectivity index (χ0v) is 14.0. The second-order valence-electron chi connectivity index (χ2n) is 6.46. The van der Waals surface area contributed by atoms with Crippen LogP contribution in [0.25, 0.3) is 0 Å². The van der Waals surface area contributed by atoms with Crippen LogP contribution in [0, 0.1) is 11.8 Å². The normalized spacial score (nSPS) is 27.4. The number of amides is 2. The van der Waals surface area contributed by atoms with E-state index in [-0.39, 0.29) is 42.2 Å². The summed E-state index contributed by atoms with van der Waals surface area (Å²) < 4.78 is 0. The number of nitrogens with zero attached hydrogens (tertiary/aromatic N) is 1. The lowest BCUT2D eigenvalue weighted by molar-refractivity contribution is -0.139. The average molecular weight is 318 g/mol. The van der Waals surface area contributed by atoms with Crippen LogP contribution >= 0.6 is 12.4 Å². The first kappa shape index (κ1) is 18.2. The van der Waals surface area contributed by atoms with E-state index in [1.54, 1.807) is 4.90 Å². The standard InChI is InChI=1S/C15H27N3O2.ClH/c1-10(2)14(18-8-4-5-13(18)19)15(20)17-12-9-16-7-6-11(12)3;/h10-12,14,16H,4-9H2,1-3H3,(H,17,20);1H. The molecule has 2 fully saturated rings. The van der Waals surface area contributed by atoms with E-state index < -0.39 is 0 Å². The molecule has 0 aliphatic carbocycles. The lowest BCUT2D eigenvalue weighted by atomic mass is 9.93. The van der Waals surface area contributed by atoms with Gasteiger partial charge in [-0.25, -0.2) is 0 Å². The number of rotatable bonds is 4. The minimum Gasteiger partial charge on any atom is -0.350 e. The van der Waals surface area contributed by atoms with Crippen LogP contribution in [-0.4, -0.2) is 48.4 Å². The number of carbonyl (C=O) groups excluding carboxylic acids is 2. The first-order chi connectivity index (χ1) is 9.50. The largest absolute Gasteiger partial charge is 0.350 e. The number of hydrogen-bond acceptors (Lipinski definition) is 3. The molecule has 0 aromatic heterocycles. The van der Waals surface area contributed by atoms with Crippen LogP contribution in [0.1, 0.15) is 40.0 Å². The van der Waals surface area contributed by atoms with Crippen molar-refractivity contribution < 1.29 is 9.59 Å². The van der Waals surface area contributed by atoms with Crippen molar-refractivity contribution in [2.45, 2.75) is 52.1 Å². The van der Waals surface area contributed by atoms with Gasteiger partial charge in [0.1, 0.15) is 6.04 Å². The van der Waals surface area contributed by atoms with Crippen LogP contribution in [0.4, 0.5) is 0 Å². The summed E-state index contributed by atoms with van der Waals surface area (Å²) in [7, 11) is 0. The number of hydrogen-bond donors (Lipinski definition) is 2. The molecule has 122 valence electrons. The molecule has 3 atom stereocenters. The molecule has 2 aliphatic rings. The highest BCUT2D eigenvalue weighted by Crippen LogP contribution is 2.20. The summed E-state index contributed by atoms with van der Waals surface area (Å²) in [5.41, 5.74) is 0. The number of carbonyl (C=O) groups is 2. The molecule has 0 bridgehead atoms. The second-order valence-corrected chi connectivity index (χ2v) is 6.46. The van der Waals surface area contributed by atoms with Crippen LogP contribution in [-0.2, 0) is 9.59 Å². The Kier molecular flexibility index (Phi) is 6.94. The highest BCUT2D eigenvalue weighted by Gasteiger charge is 2.36. The smallest absolute Gasteiger partial charge is 0.243 e. The van der Waals surface area contributed by atoms with E-state index in [2.05, 4.69) is 17.6 Å². The van der Waals surface area contributed by atoms with Crippen molar-refractivity contribution in [1.82, 2.24) is 15.5 Å². The lowest BCUT2D eigenvalue weighted by Crippen LogP contribution is -2.57. The van der Waals surface area contributed by atoms with Gasteiger partial charge in [0.15, 0.2) is 0 Å². The molecule has 5 nitrogen and oxygen atoms in total. The molecule has 6 heteroatoms. The summed E-state index contributed by atoms with van der Waals surface area (Å²) >= 11 is 0. The van der Waals surface area contributed by atoms with Gasteiger partial charge in [-0.15, -0.1) is 12.4 Å². The summed E-state index contributed by atoms with van der Waals surface area (Å²) in [6.07, 6.45) is 2.54. The quantitative estimate of drug-likeness (QED) is 0.818. The predicted molar refractivity (Wildman–Crippen MR) is 85.4 cm³/mol. The highest BCUT2D eigenvalue weighted by atomic mass is 35.5. The molecule has 0 saturated carbocycles. The monoisotopic (exact) mass is 317 g/mol. The Morgan fingerprint density at radius 3 is 2.67 bits per heavy atom. The van der Waals surface area contributed by atoms with Crippen molar-refractivity contribution in [2.75, 3.05) is 19.6 Å². The Morgan fingerprint density at radius 1 is 1.43 bits per heavy atom. The van der Waals surface area contributed by atoms with Crippen LogP contribution in [0.15, 0.2) is 0 Å². The molecular formula is C15H28ClN3O2. The van der Waals surface area contributed by atoms with Crippen LogP contribution in [0.2, 0.25) is 0 Å². The fraction of sp³-hybridized carbons (Fsp3) is 0.867. The highest BCUT2D eigenvalue weighted by molar-refractivity contribution is 5.89. The van der Waals surface area contributed by atoms with Crippen molar-refractivity contribution in [3.63, 3.8) is 0 Å². The van der Waals surface area contributed by atoms with Crippen molar-refractivity contribution in [2.24, 2.45) is 11.8 Å². The van der Waals surface area contributed by atoms with E-state index in [1.807, 2.05) is 13.8 Å². The first-order valence-corrected chi connectivity index (χ1v) is 7.81. The fourth-order valence-corrected chi connectivity index (χ4v) is 3.22. The average Bonchev–Trinajstić information content (AvgIpc) is 2.78. The van der Waals surface area contributed by atoms with Gasteiger partial charge in [-0.1, -0.05) is 20.8 Å². The minimum absolute atomic E-state index is 0. The van der Waals surface area contributed by atoms with Crippen molar-refractivity contribution in [3.05, 3.63) is 0 Å². The summed E-state index contributed by atoms with van der Waals surface area (Å²) in [6.45, 7) is 8.76. The number of halogens is 1. The molecule has 2 heterocycles. The van der Waals surface area contributed by atoms with Gasteiger partial charge in [0.2, 0.25) is 11.8 Å². The molecule has 0 aromatic carbocycles. The zero-order chi connectivity index (χ0) is 14.7. The molecule has 2 rings (SSSR count). The Bertz CT molecular complexity index is 376. The number of likely N-dealkylation sites (tertiary alicyclic amines) is 1. The lowest BCUT2D eigenvalue weighted by Gasteiger charge is -2.35. The van der Waals surface area contributed by atoms with Gasteiger partial charge in [-0.2, -0.15) is 0 Å². The van der Waals surface area contributed by atoms with E-state index >= 15 is 0 Å². The molecule has 0 spiro atoms. The molecule has 0 radical (unpaired) electrons.